The molecule has 3 amide bonds. The molecule has 1 heterocycles. The molecule has 0 atom stereocenters. The zero-order valence-corrected chi connectivity index (χ0v) is 13.0. The Kier molecular flexibility index (Phi) is 6.44. The molecule has 0 aliphatic rings. The number of nitrogens with zero attached hydrogens (tertiary/aromatic N) is 2. The summed E-state index contributed by atoms with van der Waals surface area (Å²) >= 11 is 1.11. The number of urea groups is 1. The molecule has 1 rings (SSSR count). The number of anilines is 1. The number of aromatic nitrogens is 1. The largest absolute Gasteiger partial charge is 0.365 e. The van der Waals surface area contributed by atoms with Crippen LogP contribution in [0.15, 0.2) is 0 Å². The minimum absolute atomic E-state index is 0.233. The molecule has 0 aliphatic heterocycles. The van der Waals surface area contributed by atoms with Crippen LogP contribution < -0.4 is 11.1 Å². The highest BCUT2D eigenvalue weighted by molar-refractivity contribution is 7.11. The van der Waals surface area contributed by atoms with Gasteiger partial charge in [0.2, 0.25) is 0 Å². The van der Waals surface area contributed by atoms with Gasteiger partial charge >= 0.3 is 6.03 Å². The van der Waals surface area contributed by atoms with Crippen molar-refractivity contribution >= 4 is 28.5 Å². The van der Waals surface area contributed by atoms with Crippen LogP contribution in [-0.2, 0) is 6.42 Å². The highest BCUT2D eigenvalue weighted by Gasteiger charge is 2.21. The summed E-state index contributed by atoms with van der Waals surface area (Å²) in [4.78, 5) is 25.2. The molecule has 0 aliphatic carbocycles. The number of primary amides is 1. The summed E-state index contributed by atoms with van der Waals surface area (Å²) in [5, 5.41) is 3.18. The minimum Gasteiger partial charge on any atom is -0.365 e. The van der Waals surface area contributed by atoms with E-state index in [1.54, 1.807) is 4.90 Å². The zero-order chi connectivity index (χ0) is 15.1. The lowest BCUT2D eigenvalue weighted by atomic mass is 10.1. The molecular formula is C13H22N4O2S. The van der Waals surface area contributed by atoms with Gasteiger partial charge in [0.25, 0.3) is 5.91 Å². The van der Waals surface area contributed by atoms with Gasteiger partial charge in [0.05, 0.1) is 11.3 Å². The van der Waals surface area contributed by atoms with Crippen molar-refractivity contribution in [2.45, 2.75) is 40.0 Å². The maximum absolute atomic E-state index is 12.0. The Balaban J connectivity index is 2.92. The Hall–Kier alpha value is -1.63. The summed E-state index contributed by atoms with van der Waals surface area (Å²) in [5.74, 6) is -0.542. The maximum atomic E-state index is 12.0. The number of aryl methyl sites for hydroxylation is 1. The van der Waals surface area contributed by atoms with Gasteiger partial charge in [0, 0.05) is 13.1 Å². The average molecular weight is 298 g/mol. The number of amides is 3. The molecule has 3 N–H and O–H groups in total. The molecule has 0 bridgehead atoms. The molecule has 0 radical (unpaired) electrons. The van der Waals surface area contributed by atoms with Crippen LogP contribution in [0, 0.1) is 0 Å². The van der Waals surface area contributed by atoms with Crippen molar-refractivity contribution in [3.8, 4) is 0 Å². The third kappa shape index (κ3) is 3.93. The fourth-order valence-electron chi connectivity index (χ4n) is 1.86. The highest BCUT2D eigenvalue weighted by atomic mass is 32.1. The van der Waals surface area contributed by atoms with Gasteiger partial charge in [-0.05, 0) is 38.2 Å². The minimum atomic E-state index is -0.542. The number of carbonyl (C=O) groups excluding carboxylic acids is 2. The number of hydrogen-bond donors (Lipinski definition) is 2. The standard InChI is InChI=1S/C13H22N4O2S/c1-4-7-8-9-10(11(14)18)12(20-16-9)15-13(19)17(5-2)6-3/h4-8H2,1-3H3,(H2,14,18)(H,15,19). The van der Waals surface area contributed by atoms with E-state index in [9.17, 15) is 9.59 Å². The van der Waals surface area contributed by atoms with Crippen LogP contribution in [0.1, 0.15) is 49.7 Å². The van der Waals surface area contributed by atoms with Crippen molar-refractivity contribution < 1.29 is 9.59 Å². The first kappa shape index (κ1) is 16.4. The summed E-state index contributed by atoms with van der Waals surface area (Å²) in [6.45, 7) is 7.08. The van der Waals surface area contributed by atoms with E-state index < -0.39 is 5.91 Å². The third-order valence-corrected chi connectivity index (χ3v) is 3.85. The molecule has 0 spiro atoms. The quantitative estimate of drug-likeness (QED) is 0.810. The van der Waals surface area contributed by atoms with Crippen LogP contribution in [0.4, 0.5) is 9.80 Å². The van der Waals surface area contributed by atoms with Gasteiger partial charge in [-0.2, -0.15) is 4.37 Å². The summed E-state index contributed by atoms with van der Waals surface area (Å²) in [6.07, 6.45) is 2.65. The average Bonchev–Trinajstić information content (AvgIpc) is 2.80. The fourth-order valence-corrected chi connectivity index (χ4v) is 2.69. The molecule has 1 aromatic rings. The molecule has 0 fully saturated rings. The van der Waals surface area contributed by atoms with E-state index >= 15 is 0 Å². The van der Waals surface area contributed by atoms with E-state index in [2.05, 4.69) is 16.6 Å². The van der Waals surface area contributed by atoms with E-state index in [0.29, 0.717) is 35.8 Å². The fraction of sp³-hybridized carbons (Fsp3) is 0.615. The highest BCUT2D eigenvalue weighted by Crippen LogP contribution is 2.26. The molecule has 112 valence electrons. The van der Waals surface area contributed by atoms with E-state index in [1.165, 1.54) is 0 Å². The van der Waals surface area contributed by atoms with Crippen LogP contribution in [0.2, 0.25) is 0 Å². The number of unbranched alkanes of at least 4 members (excludes halogenated alkanes) is 1. The predicted molar refractivity (Wildman–Crippen MR) is 81.2 cm³/mol. The number of carbonyl (C=O) groups is 2. The molecule has 20 heavy (non-hydrogen) atoms. The number of nitrogens with one attached hydrogen (secondary N) is 1. The molecule has 0 saturated heterocycles. The molecule has 0 unspecified atom stereocenters. The third-order valence-electron chi connectivity index (χ3n) is 3.05. The second-order valence-electron chi connectivity index (χ2n) is 4.40. The van der Waals surface area contributed by atoms with Crippen LogP contribution in [0.3, 0.4) is 0 Å². The van der Waals surface area contributed by atoms with Crippen molar-refractivity contribution in [2.75, 3.05) is 18.4 Å². The number of nitrogens with two attached hydrogens (primary N) is 1. The lowest BCUT2D eigenvalue weighted by Gasteiger charge is -2.18. The molecule has 0 saturated carbocycles. The second kappa shape index (κ2) is 7.84. The lowest BCUT2D eigenvalue weighted by molar-refractivity contribution is 0.100. The van der Waals surface area contributed by atoms with E-state index in [-0.39, 0.29) is 6.03 Å². The van der Waals surface area contributed by atoms with E-state index in [1.807, 2.05) is 13.8 Å². The zero-order valence-electron chi connectivity index (χ0n) is 12.2. The van der Waals surface area contributed by atoms with Crippen molar-refractivity contribution in [2.24, 2.45) is 5.73 Å². The molecule has 1 aromatic heterocycles. The van der Waals surface area contributed by atoms with Crippen LogP contribution in [0.25, 0.3) is 0 Å². The number of hydrogen-bond acceptors (Lipinski definition) is 4. The van der Waals surface area contributed by atoms with Gasteiger partial charge in [-0.15, -0.1) is 0 Å². The van der Waals surface area contributed by atoms with Gasteiger partial charge in [0.1, 0.15) is 5.00 Å². The SMILES string of the molecule is CCCCc1nsc(NC(=O)N(CC)CC)c1C(N)=O. The van der Waals surface area contributed by atoms with Crippen molar-refractivity contribution in [3.63, 3.8) is 0 Å². The lowest BCUT2D eigenvalue weighted by Crippen LogP contribution is -2.34. The van der Waals surface area contributed by atoms with E-state index in [4.69, 9.17) is 5.73 Å². The summed E-state index contributed by atoms with van der Waals surface area (Å²) in [6, 6.07) is -0.233. The summed E-state index contributed by atoms with van der Waals surface area (Å²) < 4.78 is 4.25. The van der Waals surface area contributed by atoms with Gasteiger partial charge in [-0.25, -0.2) is 4.79 Å². The van der Waals surface area contributed by atoms with Crippen molar-refractivity contribution in [3.05, 3.63) is 11.3 Å². The maximum Gasteiger partial charge on any atom is 0.322 e. The van der Waals surface area contributed by atoms with E-state index in [0.717, 1.165) is 24.4 Å². The monoisotopic (exact) mass is 298 g/mol. The first-order chi connectivity index (χ1) is 9.54. The van der Waals surface area contributed by atoms with Crippen molar-refractivity contribution in [1.82, 2.24) is 9.27 Å². The van der Waals surface area contributed by atoms with Crippen LogP contribution in [0.5, 0.6) is 0 Å². The Morgan fingerprint density at radius 3 is 2.45 bits per heavy atom. The smallest absolute Gasteiger partial charge is 0.322 e. The van der Waals surface area contributed by atoms with Gasteiger partial charge in [-0.1, -0.05) is 13.3 Å². The Morgan fingerprint density at radius 1 is 1.30 bits per heavy atom. The first-order valence-electron chi connectivity index (χ1n) is 6.89. The van der Waals surface area contributed by atoms with Crippen LogP contribution >= 0.6 is 11.5 Å². The van der Waals surface area contributed by atoms with Gasteiger partial charge in [0.15, 0.2) is 0 Å². The Labute approximate surface area is 123 Å². The molecule has 6 nitrogen and oxygen atoms in total. The predicted octanol–water partition coefficient (Wildman–Crippen LogP) is 2.46. The molecular weight excluding hydrogens is 276 g/mol. The van der Waals surface area contributed by atoms with Gasteiger partial charge < -0.3 is 10.6 Å². The van der Waals surface area contributed by atoms with Crippen LogP contribution in [-0.4, -0.2) is 34.3 Å². The normalized spacial score (nSPS) is 10.3. The molecule has 7 heteroatoms. The first-order valence-corrected chi connectivity index (χ1v) is 7.66. The Morgan fingerprint density at radius 2 is 1.95 bits per heavy atom. The van der Waals surface area contributed by atoms with Gasteiger partial charge in [-0.3, -0.25) is 10.1 Å². The topological polar surface area (TPSA) is 88.3 Å². The summed E-state index contributed by atoms with van der Waals surface area (Å²) in [7, 11) is 0. The second-order valence-corrected chi connectivity index (χ2v) is 5.18. The molecule has 0 aromatic carbocycles. The Bertz CT molecular complexity index is 469. The number of rotatable bonds is 7. The van der Waals surface area contributed by atoms with Crippen molar-refractivity contribution in [1.29, 1.82) is 0 Å². The summed E-state index contributed by atoms with van der Waals surface area (Å²) in [5.41, 5.74) is 6.44.